The maximum absolute atomic E-state index is 13.2. The van der Waals surface area contributed by atoms with Crippen molar-refractivity contribution in [3.8, 4) is 5.69 Å². The van der Waals surface area contributed by atoms with Crippen LogP contribution < -0.4 is 10.2 Å². The van der Waals surface area contributed by atoms with Crippen molar-refractivity contribution in [3.63, 3.8) is 0 Å². The highest BCUT2D eigenvalue weighted by molar-refractivity contribution is 6.35. The Hall–Kier alpha value is -2.54. The average Bonchev–Trinajstić information content (AvgIpc) is 3.58. The zero-order valence-electron chi connectivity index (χ0n) is 18.4. The van der Waals surface area contributed by atoms with E-state index in [1.807, 2.05) is 13.0 Å². The average molecular weight is 485 g/mol. The standard InChI is InChI=1S/C25H26Cl2N4O2/c1-16(17-4-7-20(8-5-17)30-10-12-33-13-11-30)29-25(32)21-15-28-31(24(21)18-2-3-18)23-9-6-19(26)14-22(23)27/h4-9,14-16,18H,2-3,10-13H2,1H3,(H,29,32). The van der Waals surface area contributed by atoms with Gasteiger partial charge in [-0.25, -0.2) is 4.68 Å². The van der Waals surface area contributed by atoms with E-state index in [-0.39, 0.29) is 11.9 Å². The van der Waals surface area contributed by atoms with Crippen molar-refractivity contribution in [2.45, 2.75) is 31.7 Å². The Kier molecular flexibility index (Phi) is 6.32. The molecule has 172 valence electrons. The maximum atomic E-state index is 13.2. The largest absolute Gasteiger partial charge is 0.378 e. The fourth-order valence-electron chi connectivity index (χ4n) is 4.28. The van der Waals surface area contributed by atoms with Crippen LogP contribution in [0.3, 0.4) is 0 Å². The molecule has 1 unspecified atom stereocenters. The van der Waals surface area contributed by atoms with Gasteiger partial charge in [0.25, 0.3) is 5.91 Å². The van der Waals surface area contributed by atoms with Gasteiger partial charge in [-0.3, -0.25) is 4.79 Å². The van der Waals surface area contributed by atoms with Crippen molar-refractivity contribution in [1.82, 2.24) is 15.1 Å². The topological polar surface area (TPSA) is 59.4 Å². The minimum atomic E-state index is -0.134. The molecule has 1 N–H and O–H groups in total. The minimum Gasteiger partial charge on any atom is -0.378 e. The lowest BCUT2D eigenvalue weighted by atomic mass is 10.1. The molecular weight excluding hydrogens is 459 g/mol. The number of benzene rings is 2. The molecule has 0 radical (unpaired) electrons. The zero-order valence-corrected chi connectivity index (χ0v) is 19.9. The molecule has 6 nitrogen and oxygen atoms in total. The number of carbonyl (C=O) groups excluding carboxylic acids is 1. The van der Waals surface area contributed by atoms with E-state index in [1.165, 1.54) is 5.69 Å². The number of hydrogen-bond acceptors (Lipinski definition) is 4. The second-order valence-corrected chi connectivity index (χ2v) is 9.46. The number of aromatic nitrogens is 2. The number of nitrogens with zero attached hydrogens (tertiary/aromatic N) is 3. The number of anilines is 1. The molecular formula is C25H26Cl2N4O2. The zero-order chi connectivity index (χ0) is 22.9. The fourth-order valence-corrected chi connectivity index (χ4v) is 4.77. The van der Waals surface area contributed by atoms with Gasteiger partial charge in [-0.1, -0.05) is 35.3 Å². The number of amides is 1. The van der Waals surface area contributed by atoms with Gasteiger partial charge >= 0.3 is 0 Å². The summed E-state index contributed by atoms with van der Waals surface area (Å²) in [6.45, 7) is 5.31. The number of hydrogen-bond donors (Lipinski definition) is 1. The van der Waals surface area contributed by atoms with Gasteiger partial charge in [-0.2, -0.15) is 5.10 Å². The Morgan fingerprint density at radius 1 is 1.12 bits per heavy atom. The van der Waals surface area contributed by atoms with Crippen molar-refractivity contribution in [1.29, 1.82) is 0 Å². The predicted molar refractivity (Wildman–Crippen MR) is 131 cm³/mol. The third kappa shape index (κ3) is 4.74. The molecule has 1 atom stereocenters. The van der Waals surface area contributed by atoms with Crippen LogP contribution >= 0.6 is 23.2 Å². The number of halogens is 2. The molecule has 1 aromatic heterocycles. The molecule has 0 bridgehead atoms. The van der Waals surface area contributed by atoms with Gasteiger partial charge in [0.05, 0.1) is 47.4 Å². The van der Waals surface area contributed by atoms with Crippen molar-refractivity contribution in [3.05, 3.63) is 75.5 Å². The molecule has 2 fully saturated rings. The van der Waals surface area contributed by atoms with Crippen molar-refractivity contribution in [2.75, 3.05) is 31.2 Å². The smallest absolute Gasteiger partial charge is 0.255 e. The summed E-state index contributed by atoms with van der Waals surface area (Å²) in [5.41, 5.74) is 4.47. The summed E-state index contributed by atoms with van der Waals surface area (Å²) in [5.74, 6) is 0.182. The van der Waals surface area contributed by atoms with Gasteiger partial charge in [-0.05, 0) is 55.7 Å². The van der Waals surface area contributed by atoms with Crippen molar-refractivity contribution in [2.24, 2.45) is 0 Å². The highest BCUT2D eigenvalue weighted by Gasteiger charge is 2.33. The summed E-state index contributed by atoms with van der Waals surface area (Å²) in [6.07, 6.45) is 3.72. The first-order valence-electron chi connectivity index (χ1n) is 11.3. The van der Waals surface area contributed by atoms with Crippen LogP contribution in [0.4, 0.5) is 5.69 Å². The van der Waals surface area contributed by atoms with E-state index in [9.17, 15) is 4.79 Å². The van der Waals surface area contributed by atoms with E-state index in [2.05, 4.69) is 39.6 Å². The SMILES string of the molecule is CC(NC(=O)c1cnn(-c2ccc(Cl)cc2Cl)c1C1CC1)c1ccc(N2CCOCC2)cc1. The van der Waals surface area contributed by atoms with Crippen molar-refractivity contribution < 1.29 is 9.53 Å². The molecule has 1 saturated carbocycles. The molecule has 1 aliphatic carbocycles. The summed E-state index contributed by atoms with van der Waals surface area (Å²) in [4.78, 5) is 15.6. The highest BCUT2D eigenvalue weighted by atomic mass is 35.5. The number of ether oxygens (including phenoxy) is 1. The normalized spacial score (nSPS) is 17.1. The number of carbonyl (C=O) groups is 1. The Morgan fingerprint density at radius 2 is 1.85 bits per heavy atom. The molecule has 0 spiro atoms. The Morgan fingerprint density at radius 3 is 2.52 bits per heavy atom. The van der Waals surface area contributed by atoms with Gasteiger partial charge in [0.1, 0.15) is 0 Å². The molecule has 8 heteroatoms. The third-order valence-electron chi connectivity index (χ3n) is 6.27. The first-order chi connectivity index (χ1) is 16.0. The number of morpholine rings is 1. The molecule has 2 aliphatic rings. The van der Waals surface area contributed by atoms with Gasteiger partial charge in [-0.15, -0.1) is 0 Å². The summed E-state index contributed by atoms with van der Waals surface area (Å²) in [7, 11) is 0. The lowest BCUT2D eigenvalue weighted by molar-refractivity contribution is 0.0938. The predicted octanol–water partition coefficient (Wildman–Crippen LogP) is 5.38. The van der Waals surface area contributed by atoms with Crippen LogP contribution in [-0.2, 0) is 4.74 Å². The van der Waals surface area contributed by atoms with E-state index >= 15 is 0 Å². The van der Waals surface area contributed by atoms with E-state index in [0.29, 0.717) is 21.5 Å². The third-order valence-corrected chi connectivity index (χ3v) is 6.81. The van der Waals surface area contributed by atoms with Gasteiger partial charge < -0.3 is 15.0 Å². The molecule has 2 aromatic carbocycles. The maximum Gasteiger partial charge on any atom is 0.255 e. The van der Waals surface area contributed by atoms with E-state index in [1.54, 1.807) is 23.0 Å². The van der Waals surface area contributed by atoms with Gasteiger partial charge in [0.15, 0.2) is 0 Å². The second kappa shape index (κ2) is 9.37. The molecule has 2 heterocycles. The monoisotopic (exact) mass is 484 g/mol. The Bertz CT molecular complexity index is 1150. The quantitative estimate of drug-likeness (QED) is 0.509. The van der Waals surface area contributed by atoms with Crippen LogP contribution in [0.5, 0.6) is 0 Å². The summed E-state index contributed by atoms with van der Waals surface area (Å²) >= 11 is 12.5. The molecule has 5 rings (SSSR count). The van der Waals surface area contributed by atoms with Crippen LogP contribution in [0.2, 0.25) is 10.0 Å². The molecule has 1 aliphatic heterocycles. The molecule has 33 heavy (non-hydrogen) atoms. The lowest BCUT2D eigenvalue weighted by Gasteiger charge is -2.29. The first-order valence-corrected chi connectivity index (χ1v) is 12.0. The molecule has 1 saturated heterocycles. The van der Waals surface area contributed by atoms with Crippen LogP contribution in [0.1, 0.15) is 53.3 Å². The fraction of sp³-hybridized carbons (Fsp3) is 0.360. The van der Waals surface area contributed by atoms with Crippen LogP contribution in [0, 0.1) is 0 Å². The van der Waals surface area contributed by atoms with Gasteiger partial charge in [0.2, 0.25) is 0 Å². The summed E-state index contributed by atoms with van der Waals surface area (Å²) in [6, 6.07) is 13.6. The van der Waals surface area contributed by atoms with Gasteiger partial charge in [0, 0.05) is 29.7 Å². The van der Waals surface area contributed by atoms with Crippen LogP contribution in [-0.4, -0.2) is 42.0 Å². The van der Waals surface area contributed by atoms with E-state index in [0.717, 1.165) is 56.1 Å². The minimum absolute atomic E-state index is 0.127. The Labute approximate surface area is 203 Å². The summed E-state index contributed by atoms with van der Waals surface area (Å²) in [5, 5.41) is 8.73. The number of rotatable bonds is 6. The van der Waals surface area contributed by atoms with E-state index in [4.69, 9.17) is 27.9 Å². The van der Waals surface area contributed by atoms with E-state index < -0.39 is 0 Å². The van der Waals surface area contributed by atoms with Crippen molar-refractivity contribution >= 4 is 34.8 Å². The summed E-state index contributed by atoms with van der Waals surface area (Å²) < 4.78 is 7.22. The van der Waals surface area contributed by atoms with Crippen LogP contribution in [0.15, 0.2) is 48.7 Å². The molecule has 1 amide bonds. The molecule has 3 aromatic rings. The second-order valence-electron chi connectivity index (χ2n) is 8.61. The first kappa shape index (κ1) is 22.3. The lowest BCUT2D eigenvalue weighted by Crippen LogP contribution is -2.36. The Balaban J connectivity index is 1.34. The number of nitrogens with one attached hydrogen (secondary N) is 1. The van der Waals surface area contributed by atoms with Crippen LogP contribution in [0.25, 0.3) is 5.69 Å². The highest BCUT2D eigenvalue weighted by Crippen LogP contribution is 2.43.